The van der Waals surface area contributed by atoms with Crippen molar-refractivity contribution in [3.05, 3.63) is 0 Å². The van der Waals surface area contributed by atoms with E-state index < -0.39 is 0 Å². The minimum absolute atomic E-state index is 0.223. The third-order valence-corrected chi connectivity index (χ3v) is 2.46. The lowest BCUT2D eigenvalue weighted by molar-refractivity contribution is -0.175. The van der Waals surface area contributed by atoms with Gasteiger partial charge in [-0.25, -0.2) is 0 Å². The van der Waals surface area contributed by atoms with Crippen LogP contribution in [-0.4, -0.2) is 17.0 Å². The Morgan fingerprint density at radius 2 is 1.92 bits per heavy atom. The van der Waals surface area contributed by atoms with E-state index in [1.807, 2.05) is 20.8 Å². The average Bonchev–Trinajstić information content (AvgIpc) is 1.82. The SMILES string of the molecule is CCC1(C)CC(=O)CC(C)(C)O1. The number of carbonyl (C=O) groups is 1. The quantitative estimate of drug-likeness (QED) is 0.603. The van der Waals surface area contributed by atoms with Crippen LogP contribution >= 0.6 is 0 Å². The Labute approximate surface area is 74.3 Å². The Morgan fingerprint density at radius 3 is 2.33 bits per heavy atom. The van der Waals surface area contributed by atoms with Crippen molar-refractivity contribution in [1.82, 2.24) is 0 Å². The molecule has 0 aromatic carbocycles. The summed E-state index contributed by atoms with van der Waals surface area (Å²) in [6.07, 6.45) is 2.04. The lowest BCUT2D eigenvalue weighted by atomic mass is 9.85. The first-order valence-electron chi connectivity index (χ1n) is 4.59. The van der Waals surface area contributed by atoms with Crippen molar-refractivity contribution in [2.45, 2.75) is 58.2 Å². The largest absolute Gasteiger partial charge is 0.369 e. The summed E-state index contributed by atoms with van der Waals surface area (Å²) in [6.45, 7) is 8.05. The highest BCUT2D eigenvalue weighted by Gasteiger charge is 2.40. The molecule has 0 aliphatic carbocycles. The maximum Gasteiger partial charge on any atom is 0.138 e. The van der Waals surface area contributed by atoms with Gasteiger partial charge in [0.2, 0.25) is 0 Å². The van der Waals surface area contributed by atoms with Crippen LogP contribution in [0.15, 0.2) is 0 Å². The van der Waals surface area contributed by atoms with Crippen molar-refractivity contribution in [2.24, 2.45) is 0 Å². The van der Waals surface area contributed by atoms with E-state index in [4.69, 9.17) is 4.74 Å². The fourth-order valence-electron chi connectivity index (χ4n) is 1.89. The van der Waals surface area contributed by atoms with E-state index >= 15 is 0 Å². The van der Waals surface area contributed by atoms with Gasteiger partial charge in [0.15, 0.2) is 0 Å². The Kier molecular flexibility index (Phi) is 2.30. The van der Waals surface area contributed by atoms with E-state index in [1.165, 1.54) is 0 Å². The highest BCUT2D eigenvalue weighted by Crippen LogP contribution is 2.34. The van der Waals surface area contributed by atoms with Gasteiger partial charge in [0.25, 0.3) is 0 Å². The molecule has 1 atom stereocenters. The monoisotopic (exact) mass is 170 g/mol. The molecule has 1 heterocycles. The fraction of sp³-hybridized carbons (Fsp3) is 0.900. The van der Waals surface area contributed by atoms with Crippen LogP contribution in [0, 0.1) is 0 Å². The lowest BCUT2D eigenvalue weighted by Crippen LogP contribution is -2.46. The summed E-state index contributed by atoms with van der Waals surface area (Å²) in [6, 6.07) is 0. The number of carbonyl (C=O) groups excluding carboxylic acids is 1. The van der Waals surface area contributed by atoms with Crippen molar-refractivity contribution in [1.29, 1.82) is 0 Å². The van der Waals surface area contributed by atoms with E-state index in [-0.39, 0.29) is 11.2 Å². The number of ether oxygens (including phenoxy) is 1. The normalized spacial score (nSPS) is 35.2. The van der Waals surface area contributed by atoms with Crippen LogP contribution in [0.4, 0.5) is 0 Å². The number of ketones is 1. The van der Waals surface area contributed by atoms with Crippen LogP contribution in [0.5, 0.6) is 0 Å². The maximum atomic E-state index is 11.4. The molecule has 1 rings (SSSR count). The minimum atomic E-state index is -0.264. The van der Waals surface area contributed by atoms with Gasteiger partial charge in [-0.2, -0.15) is 0 Å². The van der Waals surface area contributed by atoms with Crippen molar-refractivity contribution >= 4 is 5.78 Å². The van der Waals surface area contributed by atoms with Gasteiger partial charge < -0.3 is 4.74 Å². The van der Waals surface area contributed by atoms with Crippen molar-refractivity contribution in [3.8, 4) is 0 Å². The van der Waals surface area contributed by atoms with Gasteiger partial charge in [0.1, 0.15) is 5.78 Å². The van der Waals surface area contributed by atoms with Gasteiger partial charge in [-0.05, 0) is 27.2 Å². The first-order chi connectivity index (χ1) is 5.37. The second-order valence-corrected chi connectivity index (χ2v) is 4.56. The molecule has 1 unspecified atom stereocenters. The molecule has 12 heavy (non-hydrogen) atoms. The van der Waals surface area contributed by atoms with Gasteiger partial charge in [-0.15, -0.1) is 0 Å². The summed E-state index contributed by atoms with van der Waals surface area (Å²) >= 11 is 0. The van der Waals surface area contributed by atoms with Crippen LogP contribution < -0.4 is 0 Å². The summed E-state index contributed by atoms with van der Waals surface area (Å²) in [5.41, 5.74) is -0.487. The molecular weight excluding hydrogens is 152 g/mol. The molecule has 1 aliphatic heterocycles. The number of hydrogen-bond donors (Lipinski definition) is 0. The molecule has 0 aromatic heterocycles. The molecule has 0 amide bonds. The van der Waals surface area contributed by atoms with Gasteiger partial charge in [0, 0.05) is 12.8 Å². The molecule has 2 heteroatoms. The Bertz CT molecular complexity index is 196. The van der Waals surface area contributed by atoms with E-state index in [2.05, 4.69) is 6.92 Å². The molecule has 0 saturated carbocycles. The summed E-state index contributed by atoms with van der Waals surface area (Å²) < 4.78 is 5.86. The Morgan fingerprint density at radius 1 is 1.33 bits per heavy atom. The highest BCUT2D eigenvalue weighted by molar-refractivity contribution is 5.81. The predicted molar refractivity (Wildman–Crippen MR) is 48.1 cm³/mol. The molecule has 0 spiro atoms. The maximum absolute atomic E-state index is 11.4. The Hall–Kier alpha value is -0.370. The molecule has 1 aliphatic rings. The third-order valence-electron chi connectivity index (χ3n) is 2.46. The highest BCUT2D eigenvalue weighted by atomic mass is 16.5. The number of rotatable bonds is 1. The van der Waals surface area contributed by atoms with Crippen molar-refractivity contribution in [3.63, 3.8) is 0 Å². The van der Waals surface area contributed by atoms with E-state index in [0.717, 1.165) is 6.42 Å². The molecule has 0 N–H and O–H groups in total. The summed E-state index contributed by atoms with van der Waals surface area (Å²) in [4.78, 5) is 11.4. The zero-order valence-electron chi connectivity index (χ0n) is 8.44. The molecule has 0 bridgehead atoms. The van der Waals surface area contributed by atoms with Gasteiger partial charge >= 0.3 is 0 Å². The van der Waals surface area contributed by atoms with E-state index in [1.54, 1.807) is 0 Å². The Balaban J connectivity index is 2.76. The van der Waals surface area contributed by atoms with Gasteiger partial charge in [-0.1, -0.05) is 6.92 Å². The molecule has 2 nitrogen and oxygen atoms in total. The molecule has 0 aromatic rings. The van der Waals surface area contributed by atoms with Crippen LogP contribution in [0.25, 0.3) is 0 Å². The van der Waals surface area contributed by atoms with Crippen molar-refractivity contribution < 1.29 is 9.53 Å². The predicted octanol–water partition coefficient (Wildman–Crippen LogP) is 2.31. The zero-order valence-corrected chi connectivity index (χ0v) is 8.44. The van der Waals surface area contributed by atoms with Crippen LogP contribution in [0.2, 0.25) is 0 Å². The molecular formula is C10H18O2. The fourth-order valence-corrected chi connectivity index (χ4v) is 1.89. The van der Waals surface area contributed by atoms with Gasteiger partial charge in [0.05, 0.1) is 11.2 Å². The summed E-state index contributed by atoms with van der Waals surface area (Å²) in [7, 11) is 0. The summed E-state index contributed by atoms with van der Waals surface area (Å²) in [5, 5.41) is 0. The molecule has 0 radical (unpaired) electrons. The molecule has 70 valence electrons. The minimum Gasteiger partial charge on any atom is -0.369 e. The van der Waals surface area contributed by atoms with Crippen molar-refractivity contribution in [2.75, 3.05) is 0 Å². The van der Waals surface area contributed by atoms with E-state index in [9.17, 15) is 4.79 Å². The van der Waals surface area contributed by atoms with Crippen LogP contribution in [0.1, 0.15) is 47.0 Å². The number of Topliss-reactive ketones (excluding diaryl/α,β-unsaturated/α-hetero) is 1. The second kappa shape index (κ2) is 2.84. The average molecular weight is 170 g/mol. The standard InChI is InChI=1S/C10H18O2/c1-5-10(4)7-8(11)6-9(2,3)12-10/h5-7H2,1-4H3. The van der Waals surface area contributed by atoms with Crippen LogP contribution in [0.3, 0.4) is 0 Å². The zero-order chi connectivity index (χ0) is 9.41. The first-order valence-corrected chi connectivity index (χ1v) is 4.59. The van der Waals surface area contributed by atoms with Gasteiger partial charge in [-0.3, -0.25) is 4.79 Å². The molecule has 1 fully saturated rings. The lowest BCUT2D eigenvalue weighted by Gasteiger charge is -2.42. The first kappa shape index (κ1) is 9.72. The summed E-state index contributed by atoms with van der Waals surface area (Å²) in [5.74, 6) is 0.329. The van der Waals surface area contributed by atoms with Crippen LogP contribution in [-0.2, 0) is 9.53 Å². The number of hydrogen-bond acceptors (Lipinski definition) is 2. The third kappa shape index (κ3) is 2.07. The van der Waals surface area contributed by atoms with E-state index in [0.29, 0.717) is 18.6 Å². The smallest absolute Gasteiger partial charge is 0.138 e. The second-order valence-electron chi connectivity index (χ2n) is 4.56. The topological polar surface area (TPSA) is 26.3 Å². The molecule has 1 saturated heterocycles.